The molecule has 2 N–H and O–H groups in total. The molecule has 0 fully saturated rings. The Labute approximate surface area is 130 Å². The van der Waals surface area contributed by atoms with Crippen LogP contribution in [0.25, 0.3) is 0 Å². The summed E-state index contributed by atoms with van der Waals surface area (Å²) in [5.41, 5.74) is 7.62. The highest BCUT2D eigenvalue weighted by Gasteiger charge is 2.26. The molecule has 1 heterocycles. The van der Waals surface area contributed by atoms with Gasteiger partial charge in [-0.25, -0.2) is 4.39 Å². The van der Waals surface area contributed by atoms with Crippen molar-refractivity contribution in [1.29, 1.82) is 0 Å². The third-order valence-corrected chi connectivity index (χ3v) is 4.36. The Morgan fingerprint density at radius 1 is 1.40 bits per heavy atom. The van der Waals surface area contributed by atoms with Crippen molar-refractivity contribution in [2.45, 2.75) is 38.6 Å². The van der Waals surface area contributed by atoms with E-state index in [0.29, 0.717) is 12.0 Å². The Bertz CT molecular complexity index is 607. The third kappa shape index (κ3) is 3.42. The third-order valence-electron chi connectivity index (χ3n) is 3.02. The van der Waals surface area contributed by atoms with E-state index in [0.717, 1.165) is 15.0 Å². The van der Waals surface area contributed by atoms with E-state index < -0.39 is 0 Å². The fraction of sp³-hybridized carbons (Fsp3) is 0.429. The summed E-state index contributed by atoms with van der Waals surface area (Å²) in [4.78, 5) is 0.930. The van der Waals surface area contributed by atoms with Gasteiger partial charge in [0.15, 0.2) is 0 Å². The molecule has 0 aliphatic rings. The zero-order valence-corrected chi connectivity index (χ0v) is 14.1. The van der Waals surface area contributed by atoms with Gasteiger partial charge in [-0.3, -0.25) is 0 Å². The predicted octanol–water partition coefficient (Wildman–Crippen LogP) is 3.98. The summed E-state index contributed by atoms with van der Waals surface area (Å²) >= 11 is 4.54. The fourth-order valence-corrected chi connectivity index (χ4v) is 3.17. The summed E-state index contributed by atoms with van der Waals surface area (Å²) < 4.78 is 18.6. The van der Waals surface area contributed by atoms with Gasteiger partial charge in [0.05, 0.1) is 10.6 Å². The maximum atomic E-state index is 13.9. The normalized spacial score (nSPS) is 13.5. The lowest BCUT2D eigenvalue weighted by Gasteiger charge is -2.19. The van der Waals surface area contributed by atoms with Crippen molar-refractivity contribution < 1.29 is 4.39 Å². The fourth-order valence-electron chi connectivity index (χ4n) is 1.98. The number of nitrogens with zero attached hydrogens (tertiary/aromatic N) is 2. The predicted molar refractivity (Wildman–Crippen MR) is 83.3 cm³/mol. The average Bonchev–Trinajstić information content (AvgIpc) is 2.81. The number of halogens is 2. The van der Waals surface area contributed by atoms with E-state index in [1.807, 2.05) is 6.07 Å². The molecule has 0 aliphatic heterocycles. The molecular formula is C14H17BrFN3S. The molecule has 108 valence electrons. The lowest BCUT2D eigenvalue weighted by atomic mass is 9.89. The molecule has 0 amide bonds. The Morgan fingerprint density at radius 2 is 2.10 bits per heavy atom. The minimum absolute atomic E-state index is 0.113. The van der Waals surface area contributed by atoms with Crippen LogP contribution in [0.5, 0.6) is 0 Å². The Balaban J connectivity index is 2.25. The highest BCUT2D eigenvalue weighted by atomic mass is 79.9. The van der Waals surface area contributed by atoms with Crippen LogP contribution >= 0.6 is 27.5 Å². The van der Waals surface area contributed by atoms with Crippen molar-refractivity contribution in [3.05, 3.63) is 44.6 Å². The number of rotatable bonds is 3. The molecule has 6 heteroatoms. The van der Waals surface area contributed by atoms with Crippen LogP contribution in [0.1, 0.15) is 42.9 Å². The molecule has 0 radical (unpaired) electrons. The molecule has 0 saturated carbocycles. The maximum absolute atomic E-state index is 13.9. The van der Waals surface area contributed by atoms with Gasteiger partial charge in [0.1, 0.15) is 5.82 Å². The standard InChI is InChI=1S/C14H17BrFN3S/c1-14(2,3)13-12(20-19-18-13)11(17)6-8-4-5-9(15)7-10(8)16/h4-5,7,11H,6,17H2,1-3H3. The second kappa shape index (κ2) is 5.87. The van der Waals surface area contributed by atoms with Crippen molar-refractivity contribution in [2.24, 2.45) is 5.73 Å². The Morgan fingerprint density at radius 3 is 2.70 bits per heavy atom. The highest BCUT2D eigenvalue weighted by Crippen LogP contribution is 2.31. The van der Waals surface area contributed by atoms with Crippen LogP contribution in [0.3, 0.4) is 0 Å². The second-order valence-corrected chi connectivity index (χ2v) is 7.48. The minimum Gasteiger partial charge on any atom is -0.323 e. The molecule has 0 spiro atoms. The van der Waals surface area contributed by atoms with E-state index in [-0.39, 0.29) is 17.3 Å². The van der Waals surface area contributed by atoms with Crippen molar-refractivity contribution in [3.8, 4) is 0 Å². The molecule has 0 aliphatic carbocycles. The second-order valence-electron chi connectivity index (χ2n) is 5.78. The van der Waals surface area contributed by atoms with Crippen molar-refractivity contribution in [2.75, 3.05) is 0 Å². The van der Waals surface area contributed by atoms with Crippen LogP contribution in [-0.4, -0.2) is 9.59 Å². The average molecular weight is 358 g/mol. The zero-order valence-electron chi connectivity index (χ0n) is 11.7. The van der Waals surface area contributed by atoms with Crippen LogP contribution in [0.4, 0.5) is 4.39 Å². The van der Waals surface area contributed by atoms with Gasteiger partial charge in [-0.15, -0.1) is 5.10 Å². The van der Waals surface area contributed by atoms with Crippen LogP contribution in [0, 0.1) is 5.82 Å². The summed E-state index contributed by atoms with van der Waals surface area (Å²) in [6.45, 7) is 6.21. The van der Waals surface area contributed by atoms with E-state index in [2.05, 4.69) is 46.3 Å². The molecule has 2 rings (SSSR count). The number of benzene rings is 1. The smallest absolute Gasteiger partial charge is 0.127 e. The van der Waals surface area contributed by atoms with Crippen LogP contribution in [-0.2, 0) is 11.8 Å². The lowest BCUT2D eigenvalue weighted by molar-refractivity contribution is 0.546. The maximum Gasteiger partial charge on any atom is 0.127 e. The van der Waals surface area contributed by atoms with Crippen molar-refractivity contribution in [3.63, 3.8) is 0 Å². The van der Waals surface area contributed by atoms with Crippen LogP contribution < -0.4 is 5.73 Å². The molecule has 0 saturated heterocycles. The molecule has 1 atom stereocenters. The van der Waals surface area contributed by atoms with Gasteiger partial charge < -0.3 is 5.73 Å². The van der Waals surface area contributed by atoms with E-state index in [4.69, 9.17) is 5.73 Å². The van der Waals surface area contributed by atoms with E-state index >= 15 is 0 Å². The van der Waals surface area contributed by atoms with Gasteiger partial charge in [-0.2, -0.15) is 0 Å². The van der Waals surface area contributed by atoms with Crippen LogP contribution in [0.2, 0.25) is 0 Å². The van der Waals surface area contributed by atoms with E-state index in [1.54, 1.807) is 6.07 Å². The summed E-state index contributed by atoms with van der Waals surface area (Å²) in [6.07, 6.45) is 0.437. The lowest BCUT2D eigenvalue weighted by Crippen LogP contribution is -2.20. The number of aromatic nitrogens is 2. The van der Waals surface area contributed by atoms with Gasteiger partial charge in [0, 0.05) is 15.9 Å². The molecule has 0 bridgehead atoms. The largest absolute Gasteiger partial charge is 0.323 e. The summed E-state index contributed by atoms with van der Waals surface area (Å²) in [5.74, 6) is -0.246. The summed E-state index contributed by atoms with van der Waals surface area (Å²) in [6, 6.07) is 4.74. The number of nitrogens with two attached hydrogens (primary N) is 1. The molecule has 1 aromatic carbocycles. The summed E-state index contributed by atoms with van der Waals surface area (Å²) in [7, 11) is 0. The summed E-state index contributed by atoms with van der Waals surface area (Å²) in [5, 5.41) is 4.17. The first kappa shape index (κ1) is 15.5. The number of hydrogen-bond donors (Lipinski definition) is 1. The van der Waals surface area contributed by atoms with E-state index in [9.17, 15) is 4.39 Å². The van der Waals surface area contributed by atoms with Crippen LogP contribution in [0.15, 0.2) is 22.7 Å². The van der Waals surface area contributed by atoms with Gasteiger partial charge in [-0.1, -0.05) is 47.3 Å². The SMILES string of the molecule is CC(C)(C)c1nnsc1C(N)Cc1ccc(Br)cc1F. The molecule has 2 aromatic rings. The van der Waals surface area contributed by atoms with Crippen molar-refractivity contribution in [1.82, 2.24) is 9.59 Å². The molecule has 1 aromatic heterocycles. The van der Waals surface area contributed by atoms with Gasteiger partial charge in [-0.05, 0) is 35.6 Å². The molecule has 20 heavy (non-hydrogen) atoms. The molecular weight excluding hydrogens is 341 g/mol. The zero-order chi connectivity index (χ0) is 14.9. The van der Waals surface area contributed by atoms with Gasteiger partial charge in [0.2, 0.25) is 0 Å². The molecule has 3 nitrogen and oxygen atoms in total. The Kier molecular flexibility index (Phi) is 4.56. The van der Waals surface area contributed by atoms with Crippen molar-refractivity contribution >= 4 is 27.5 Å². The first-order chi connectivity index (χ1) is 9.29. The quantitative estimate of drug-likeness (QED) is 0.903. The minimum atomic E-state index is -0.292. The monoisotopic (exact) mass is 357 g/mol. The first-order valence-electron chi connectivity index (χ1n) is 6.31. The number of hydrogen-bond acceptors (Lipinski definition) is 4. The Hall–Kier alpha value is -0.850. The molecule has 1 unspecified atom stereocenters. The van der Waals surface area contributed by atoms with Gasteiger partial charge >= 0.3 is 0 Å². The highest BCUT2D eigenvalue weighted by molar-refractivity contribution is 9.10. The van der Waals surface area contributed by atoms with Gasteiger partial charge in [0.25, 0.3) is 0 Å². The first-order valence-corrected chi connectivity index (χ1v) is 7.88. The topological polar surface area (TPSA) is 51.8 Å². The van der Waals surface area contributed by atoms with E-state index in [1.165, 1.54) is 17.6 Å².